The lowest BCUT2D eigenvalue weighted by Gasteiger charge is -2.14. The van der Waals surface area contributed by atoms with Crippen molar-refractivity contribution in [3.63, 3.8) is 0 Å². The highest BCUT2D eigenvalue weighted by Crippen LogP contribution is 2.20. The number of carbonyl (C=O) groups is 2. The predicted octanol–water partition coefficient (Wildman–Crippen LogP) is 3.56. The predicted molar refractivity (Wildman–Crippen MR) is 90.2 cm³/mol. The van der Waals surface area contributed by atoms with E-state index in [1.165, 1.54) is 17.0 Å². The van der Waals surface area contributed by atoms with E-state index < -0.39 is 0 Å². The van der Waals surface area contributed by atoms with Gasteiger partial charge in [-0.05, 0) is 36.2 Å². The minimum atomic E-state index is -0.146. The second kappa shape index (κ2) is 7.29. The molecule has 2 aromatic rings. The lowest BCUT2D eigenvalue weighted by Crippen LogP contribution is -2.23. The molecule has 0 spiro atoms. The van der Waals surface area contributed by atoms with Gasteiger partial charge in [0.05, 0.1) is 0 Å². The molecule has 0 saturated carbocycles. The molecule has 0 atom stereocenters. The normalized spacial score (nSPS) is 10.4. The van der Waals surface area contributed by atoms with Crippen molar-refractivity contribution >= 4 is 23.3 Å². The van der Waals surface area contributed by atoms with Crippen molar-refractivity contribution < 1.29 is 14.7 Å². The first-order valence-electron chi connectivity index (χ1n) is 7.21. The van der Waals surface area contributed by atoms with Crippen molar-refractivity contribution in [1.82, 2.24) is 4.90 Å². The summed E-state index contributed by atoms with van der Waals surface area (Å²) in [5.41, 5.74) is 1.74. The minimum absolute atomic E-state index is 0.0609. The highest BCUT2D eigenvalue weighted by atomic mass is 35.5. The maximum absolute atomic E-state index is 12.2. The summed E-state index contributed by atoms with van der Waals surface area (Å²) < 4.78 is 0. The Bertz CT molecular complexity index is 741. The van der Waals surface area contributed by atoms with E-state index in [-0.39, 0.29) is 23.9 Å². The molecule has 0 radical (unpaired) electrons. The Morgan fingerprint density at radius 1 is 1.13 bits per heavy atom. The third-order valence-electron chi connectivity index (χ3n) is 3.50. The van der Waals surface area contributed by atoms with E-state index in [0.29, 0.717) is 22.6 Å². The van der Waals surface area contributed by atoms with E-state index in [1.807, 2.05) is 0 Å². The molecular formula is C18H18ClNO3. The van der Waals surface area contributed by atoms with Gasteiger partial charge < -0.3 is 10.0 Å². The van der Waals surface area contributed by atoms with Gasteiger partial charge >= 0.3 is 0 Å². The van der Waals surface area contributed by atoms with Crippen LogP contribution in [0.1, 0.15) is 32.7 Å². The Hall–Kier alpha value is -2.33. The van der Waals surface area contributed by atoms with E-state index in [2.05, 4.69) is 0 Å². The molecule has 0 bridgehead atoms. The number of hydrogen-bond acceptors (Lipinski definition) is 3. The van der Waals surface area contributed by atoms with E-state index in [0.717, 1.165) is 5.56 Å². The number of phenolic OH excluding ortho intramolecular Hbond substituents is 1. The average molecular weight is 332 g/mol. The summed E-state index contributed by atoms with van der Waals surface area (Å²) in [5, 5.41) is 9.92. The van der Waals surface area contributed by atoms with Gasteiger partial charge in [-0.3, -0.25) is 9.59 Å². The van der Waals surface area contributed by atoms with Crippen LogP contribution in [0.25, 0.3) is 0 Å². The number of Topliss-reactive ketones (excluding diaryl/α,β-unsaturated/α-hetero) is 1. The summed E-state index contributed by atoms with van der Waals surface area (Å²) in [4.78, 5) is 25.9. The molecule has 0 aromatic heterocycles. The second-order valence-electron chi connectivity index (χ2n) is 5.47. The molecule has 1 amide bonds. The van der Waals surface area contributed by atoms with Crippen molar-refractivity contribution in [2.75, 3.05) is 14.1 Å². The Morgan fingerprint density at radius 2 is 1.87 bits per heavy atom. The second-order valence-corrected chi connectivity index (χ2v) is 5.91. The van der Waals surface area contributed by atoms with Crippen LogP contribution in [0.3, 0.4) is 0 Å². The molecule has 120 valence electrons. The van der Waals surface area contributed by atoms with Crippen molar-refractivity contribution in [1.29, 1.82) is 0 Å². The van der Waals surface area contributed by atoms with Gasteiger partial charge in [-0.1, -0.05) is 29.8 Å². The Morgan fingerprint density at radius 3 is 2.52 bits per heavy atom. The maximum atomic E-state index is 12.2. The number of ketones is 1. The van der Waals surface area contributed by atoms with Crippen LogP contribution >= 0.6 is 11.6 Å². The van der Waals surface area contributed by atoms with Crippen LogP contribution in [-0.4, -0.2) is 35.8 Å². The van der Waals surface area contributed by atoms with Gasteiger partial charge in [0.15, 0.2) is 5.78 Å². The summed E-state index contributed by atoms with van der Waals surface area (Å²) in [6.45, 7) is 0. The lowest BCUT2D eigenvalue weighted by atomic mass is 9.98. The SMILES string of the molecule is CN(C)C(=O)c1cc(Cl)ccc1CCC(=O)c1cccc(O)c1. The topological polar surface area (TPSA) is 57.6 Å². The summed E-state index contributed by atoms with van der Waals surface area (Å²) >= 11 is 5.98. The number of rotatable bonds is 5. The molecular weight excluding hydrogens is 314 g/mol. The number of hydrogen-bond donors (Lipinski definition) is 1. The van der Waals surface area contributed by atoms with Gasteiger partial charge in [-0.25, -0.2) is 0 Å². The molecule has 0 aliphatic carbocycles. The van der Waals surface area contributed by atoms with Crippen LogP contribution < -0.4 is 0 Å². The fourth-order valence-electron chi connectivity index (χ4n) is 2.28. The Kier molecular flexibility index (Phi) is 5.40. The van der Waals surface area contributed by atoms with E-state index in [4.69, 9.17) is 11.6 Å². The summed E-state index contributed by atoms with van der Waals surface area (Å²) in [7, 11) is 3.34. The van der Waals surface area contributed by atoms with Crippen molar-refractivity contribution in [3.05, 3.63) is 64.2 Å². The van der Waals surface area contributed by atoms with Crippen LogP contribution in [-0.2, 0) is 6.42 Å². The van der Waals surface area contributed by atoms with E-state index >= 15 is 0 Å². The number of aryl methyl sites for hydroxylation is 1. The largest absolute Gasteiger partial charge is 0.508 e. The lowest BCUT2D eigenvalue weighted by molar-refractivity contribution is 0.0825. The van der Waals surface area contributed by atoms with Crippen LogP contribution in [0.2, 0.25) is 5.02 Å². The Labute approximate surface area is 140 Å². The number of amides is 1. The molecule has 2 rings (SSSR count). The molecule has 1 N–H and O–H groups in total. The Balaban J connectivity index is 2.17. The van der Waals surface area contributed by atoms with Gasteiger partial charge in [-0.15, -0.1) is 0 Å². The smallest absolute Gasteiger partial charge is 0.253 e. The number of benzene rings is 2. The molecule has 2 aromatic carbocycles. The minimum Gasteiger partial charge on any atom is -0.508 e. The summed E-state index contributed by atoms with van der Waals surface area (Å²) in [6.07, 6.45) is 0.680. The van der Waals surface area contributed by atoms with Crippen molar-refractivity contribution in [2.24, 2.45) is 0 Å². The molecule has 0 aliphatic rings. The molecule has 0 unspecified atom stereocenters. The van der Waals surface area contributed by atoms with Gasteiger partial charge in [0.25, 0.3) is 5.91 Å². The zero-order valence-electron chi connectivity index (χ0n) is 13.0. The quantitative estimate of drug-likeness (QED) is 0.852. The van der Waals surface area contributed by atoms with Crippen LogP contribution in [0.4, 0.5) is 0 Å². The van der Waals surface area contributed by atoms with Gasteiger partial charge in [0.2, 0.25) is 0 Å². The summed E-state index contributed by atoms with van der Waals surface area (Å²) in [5.74, 6) is -0.169. The van der Waals surface area contributed by atoms with Crippen molar-refractivity contribution in [2.45, 2.75) is 12.8 Å². The number of carbonyl (C=O) groups excluding carboxylic acids is 2. The standard InChI is InChI=1S/C18H18ClNO3/c1-20(2)18(23)16-11-14(19)8-6-12(16)7-9-17(22)13-4-3-5-15(21)10-13/h3-6,8,10-11,21H,7,9H2,1-2H3. The van der Waals surface area contributed by atoms with Crippen molar-refractivity contribution in [3.8, 4) is 5.75 Å². The first kappa shape index (κ1) is 17.0. The van der Waals surface area contributed by atoms with Gasteiger partial charge in [0.1, 0.15) is 5.75 Å². The fraction of sp³-hybridized carbons (Fsp3) is 0.222. The zero-order chi connectivity index (χ0) is 17.0. The monoisotopic (exact) mass is 331 g/mol. The third kappa shape index (κ3) is 4.33. The fourth-order valence-corrected chi connectivity index (χ4v) is 2.45. The van der Waals surface area contributed by atoms with Crippen LogP contribution in [0.15, 0.2) is 42.5 Å². The molecule has 4 nitrogen and oxygen atoms in total. The first-order valence-corrected chi connectivity index (χ1v) is 7.58. The molecule has 0 heterocycles. The molecule has 5 heteroatoms. The van der Waals surface area contributed by atoms with Gasteiger partial charge in [-0.2, -0.15) is 0 Å². The van der Waals surface area contributed by atoms with Crippen LogP contribution in [0, 0.1) is 0 Å². The average Bonchev–Trinajstić information content (AvgIpc) is 2.52. The van der Waals surface area contributed by atoms with E-state index in [1.54, 1.807) is 44.4 Å². The third-order valence-corrected chi connectivity index (χ3v) is 3.73. The molecule has 23 heavy (non-hydrogen) atoms. The number of halogens is 1. The summed E-state index contributed by atoms with van der Waals surface area (Å²) in [6, 6.07) is 11.4. The highest BCUT2D eigenvalue weighted by Gasteiger charge is 2.15. The highest BCUT2D eigenvalue weighted by molar-refractivity contribution is 6.31. The number of aromatic hydroxyl groups is 1. The molecule has 0 saturated heterocycles. The first-order chi connectivity index (χ1) is 10.9. The molecule has 0 aliphatic heterocycles. The maximum Gasteiger partial charge on any atom is 0.253 e. The van der Waals surface area contributed by atoms with E-state index in [9.17, 15) is 14.7 Å². The number of nitrogens with zero attached hydrogens (tertiary/aromatic N) is 1. The molecule has 0 fully saturated rings. The van der Waals surface area contributed by atoms with Gasteiger partial charge in [0, 0.05) is 36.7 Å². The number of phenols is 1. The zero-order valence-corrected chi connectivity index (χ0v) is 13.8. The van der Waals surface area contributed by atoms with Crippen LogP contribution in [0.5, 0.6) is 5.75 Å².